The third-order valence-electron chi connectivity index (χ3n) is 4.64. The van der Waals surface area contributed by atoms with Crippen molar-refractivity contribution in [3.63, 3.8) is 0 Å². The number of carboxylic acids is 1. The van der Waals surface area contributed by atoms with Crippen molar-refractivity contribution in [1.29, 1.82) is 0 Å². The van der Waals surface area contributed by atoms with Crippen molar-refractivity contribution in [2.24, 2.45) is 12.5 Å². The molecule has 0 bridgehead atoms. The summed E-state index contributed by atoms with van der Waals surface area (Å²) < 4.78 is 1.71. The highest BCUT2D eigenvalue weighted by Gasteiger charge is 2.38. The Hall–Kier alpha value is -1.52. The Morgan fingerprint density at radius 2 is 2.05 bits per heavy atom. The van der Waals surface area contributed by atoms with Crippen LogP contribution >= 0.6 is 0 Å². The van der Waals surface area contributed by atoms with Gasteiger partial charge in [0.1, 0.15) is 11.4 Å². The average Bonchev–Trinajstić information content (AvgIpc) is 2.90. The number of aryl methyl sites for hydroxylation is 2. The smallest absolute Gasteiger partial charge is 0.341 e. The van der Waals surface area contributed by atoms with Gasteiger partial charge in [0.2, 0.25) is 0 Å². The number of hydrogen-bond acceptors (Lipinski definition) is 3. The molecule has 1 aromatic rings. The van der Waals surface area contributed by atoms with Gasteiger partial charge in [0, 0.05) is 20.1 Å². The van der Waals surface area contributed by atoms with E-state index in [2.05, 4.69) is 23.8 Å². The van der Waals surface area contributed by atoms with E-state index in [-0.39, 0.29) is 0 Å². The molecule has 106 valence electrons. The van der Waals surface area contributed by atoms with Gasteiger partial charge in [0.05, 0.1) is 5.69 Å². The first-order valence-electron chi connectivity index (χ1n) is 6.96. The lowest BCUT2D eigenvalue weighted by Crippen LogP contribution is -2.28. The first kappa shape index (κ1) is 13.9. The standard InChI is InChI=1S/C14H23N3O2/c1-5-14(6-2)7-8-17(9-14)12-11(13(18)19)10(3)15-16(12)4/h5-9H2,1-4H3,(H,18,19). The van der Waals surface area contributed by atoms with Crippen LogP contribution in [0.15, 0.2) is 0 Å². The average molecular weight is 265 g/mol. The Morgan fingerprint density at radius 3 is 2.53 bits per heavy atom. The highest BCUT2D eigenvalue weighted by Crippen LogP contribution is 2.40. The predicted octanol–water partition coefficient (Wildman–Crippen LogP) is 2.44. The first-order chi connectivity index (χ1) is 8.94. The normalized spacial score (nSPS) is 18.0. The van der Waals surface area contributed by atoms with Crippen LogP contribution in [0.25, 0.3) is 0 Å². The van der Waals surface area contributed by atoms with E-state index in [1.54, 1.807) is 11.6 Å². The van der Waals surface area contributed by atoms with E-state index in [4.69, 9.17) is 0 Å². The highest BCUT2D eigenvalue weighted by atomic mass is 16.4. The van der Waals surface area contributed by atoms with Crippen molar-refractivity contribution >= 4 is 11.8 Å². The van der Waals surface area contributed by atoms with E-state index in [0.717, 1.165) is 38.2 Å². The van der Waals surface area contributed by atoms with Crippen LogP contribution in [0.4, 0.5) is 5.82 Å². The highest BCUT2D eigenvalue weighted by molar-refractivity contribution is 5.95. The van der Waals surface area contributed by atoms with Crippen LogP contribution in [0.1, 0.15) is 49.2 Å². The zero-order valence-electron chi connectivity index (χ0n) is 12.2. The minimum Gasteiger partial charge on any atom is -0.477 e. The monoisotopic (exact) mass is 265 g/mol. The van der Waals surface area contributed by atoms with Gasteiger partial charge in [0.15, 0.2) is 0 Å². The molecule has 5 nitrogen and oxygen atoms in total. The molecule has 0 aromatic carbocycles. The summed E-state index contributed by atoms with van der Waals surface area (Å²) in [5, 5.41) is 13.7. The van der Waals surface area contributed by atoms with Crippen LogP contribution in [0.3, 0.4) is 0 Å². The lowest BCUT2D eigenvalue weighted by atomic mass is 9.82. The summed E-state index contributed by atoms with van der Waals surface area (Å²) in [7, 11) is 1.83. The summed E-state index contributed by atoms with van der Waals surface area (Å²) in [6, 6.07) is 0. The second kappa shape index (κ2) is 4.87. The van der Waals surface area contributed by atoms with Gasteiger partial charge in [-0.25, -0.2) is 4.79 Å². The van der Waals surface area contributed by atoms with E-state index in [0.29, 0.717) is 16.7 Å². The first-order valence-corrected chi connectivity index (χ1v) is 6.96. The molecule has 0 radical (unpaired) electrons. The topological polar surface area (TPSA) is 58.4 Å². The minimum atomic E-state index is -0.883. The molecule has 0 saturated carbocycles. The Labute approximate surface area is 114 Å². The number of nitrogens with zero attached hydrogens (tertiary/aromatic N) is 3. The SMILES string of the molecule is CCC1(CC)CCN(c2c(C(=O)O)c(C)nn2C)C1. The number of aromatic nitrogens is 2. The van der Waals surface area contributed by atoms with Gasteiger partial charge >= 0.3 is 5.97 Å². The molecular formula is C14H23N3O2. The van der Waals surface area contributed by atoms with E-state index >= 15 is 0 Å². The number of anilines is 1. The fourth-order valence-electron chi connectivity index (χ4n) is 3.20. The lowest BCUT2D eigenvalue weighted by molar-refractivity contribution is 0.0696. The van der Waals surface area contributed by atoms with Crippen LogP contribution < -0.4 is 4.90 Å². The molecule has 0 spiro atoms. The summed E-state index contributed by atoms with van der Waals surface area (Å²) in [6.07, 6.45) is 3.40. The molecule has 0 atom stereocenters. The summed E-state index contributed by atoms with van der Waals surface area (Å²) in [6.45, 7) is 8.05. The molecule has 1 saturated heterocycles. The van der Waals surface area contributed by atoms with Crippen LogP contribution in [-0.4, -0.2) is 33.9 Å². The molecule has 2 heterocycles. The second-order valence-corrected chi connectivity index (χ2v) is 5.59. The summed E-state index contributed by atoms with van der Waals surface area (Å²) in [5.41, 5.74) is 1.27. The molecule has 1 fully saturated rings. The zero-order valence-corrected chi connectivity index (χ0v) is 12.2. The maximum atomic E-state index is 11.4. The molecular weight excluding hydrogens is 242 g/mol. The second-order valence-electron chi connectivity index (χ2n) is 5.59. The van der Waals surface area contributed by atoms with E-state index < -0.39 is 5.97 Å². The van der Waals surface area contributed by atoms with Crippen LogP contribution in [0.2, 0.25) is 0 Å². The lowest BCUT2D eigenvalue weighted by Gasteiger charge is -2.27. The third-order valence-corrected chi connectivity index (χ3v) is 4.64. The van der Waals surface area contributed by atoms with E-state index in [1.165, 1.54) is 0 Å². The summed E-state index contributed by atoms with van der Waals surface area (Å²) in [4.78, 5) is 13.6. The van der Waals surface area contributed by atoms with Gasteiger partial charge in [-0.15, -0.1) is 0 Å². The number of carboxylic acid groups (broad SMARTS) is 1. The van der Waals surface area contributed by atoms with Crippen molar-refractivity contribution in [3.8, 4) is 0 Å². The van der Waals surface area contributed by atoms with Crippen LogP contribution in [-0.2, 0) is 7.05 Å². The Balaban J connectivity index is 2.37. The summed E-state index contributed by atoms with van der Waals surface area (Å²) >= 11 is 0. The maximum absolute atomic E-state index is 11.4. The molecule has 0 unspecified atom stereocenters. The largest absolute Gasteiger partial charge is 0.477 e. The van der Waals surface area contributed by atoms with Gasteiger partial charge in [-0.3, -0.25) is 4.68 Å². The van der Waals surface area contributed by atoms with Crippen molar-refractivity contribution in [3.05, 3.63) is 11.3 Å². The quantitative estimate of drug-likeness (QED) is 0.908. The Morgan fingerprint density at radius 1 is 1.42 bits per heavy atom. The number of aromatic carboxylic acids is 1. The van der Waals surface area contributed by atoms with Gasteiger partial charge in [-0.05, 0) is 31.6 Å². The molecule has 2 rings (SSSR count). The molecule has 19 heavy (non-hydrogen) atoms. The van der Waals surface area contributed by atoms with E-state index in [1.807, 2.05) is 7.05 Å². The summed E-state index contributed by atoms with van der Waals surface area (Å²) in [5.74, 6) is -0.125. The van der Waals surface area contributed by atoms with Gasteiger partial charge in [0.25, 0.3) is 0 Å². The van der Waals surface area contributed by atoms with Crippen LogP contribution in [0, 0.1) is 12.3 Å². The number of hydrogen-bond donors (Lipinski definition) is 1. The maximum Gasteiger partial charge on any atom is 0.341 e. The Kier molecular flexibility index (Phi) is 3.56. The molecule has 5 heteroatoms. The van der Waals surface area contributed by atoms with Crippen molar-refractivity contribution < 1.29 is 9.90 Å². The third kappa shape index (κ3) is 2.22. The molecule has 1 aromatic heterocycles. The van der Waals surface area contributed by atoms with Gasteiger partial charge < -0.3 is 10.0 Å². The zero-order chi connectivity index (χ0) is 14.2. The van der Waals surface area contributed by atoms with Gasteiger partial charge in [-0.1, -0.05) is 13.8 Å². The van der Waals surface area contributed by atoms with Crippen LogP contribution in [0.5, 0.6) is 0 Å². The van der Waals surface area contributed by atoms with Crippen molar-refractivity contribution in [2.75, 3.05) is 18.0 Å². The van der Waals surface area contributed by atoms with Gasteiger partial charge in [-0.2, -0.15) is 5.10 Å². The van der Waals surface area contributed by atoms with E-state index in [9.17, 15) is 9.90 Å². The number of rotatable bonds is 4. The number of carbonyl (C=O) groups is 1. The molecule has 0 amide bonds. The molecule has 1 aliphatic heterocycles. The molecule has 1 aliphatic rings. The fraction of sp³-hybridized carbons (Fsp3) is 0.714. The molecule has 1 N–H and O–H groups in total. The minimum absolute atomic E-state index is 0.327. The van der Waals surface area contributed by atoms with Crippen molar-refractivity contribution in [1.82, 2.24) is 9.78 Å². The predicted molar refractivity (Wildman–Crippen MR) is 74.7 cm³/mol. The fourth-order valence-corrected chi connectivity index (χ4v) is 3.20. The Bertz CT molecular complexity index is 489. The molecule has 0 aliphatic carbocycles. The van der Waals surface area contributed by atoms with Crippen molar-refractivity contribution in [2.45, 2.75) is 40.0 Å².